The monoisotopic (exact) mass is 288 g/mol. The average Bonchev–Trinajstić information content (AvgIpc) is 3.21. The molecule has 0 radical (unpaired) electrons. The zero-order chi connectivity index (χ0) is 14.3. The van der Waals surface area contributed by atoms with E-state index in [-0.39, 0.29) is 17.8 Å². The van der Waals surface area contributed by atoms with Crippen molar-refractivity contribution in [2.45, 2.75) is 69.2 Å². The van der Waals surface area contributed by atoms with E-state index in [1.165, 1.54) is 37.7 Å². The van der Waals surface area contributed by atoms with Crippen LogP contribution >= 0.6 is 0 Å². The van der Waals surface area contributed by atoms with E-state index in [0.717, 1.165) is 30.6 Å². The third-order valence-corrected chi connectivity index (χ3v) is 5.47. The third kappa shape index (κ3) is 2.47. The largest absolute Gasteiger partial charge is 0.491 e. The molecule has 1 heterocycles. The van der Waals surface area contributed by atoms with Crippen LogP contribution in [0.15, 0.2) is 18.2 Å². The maximum atomic E-state index is 9.94. The topological polar surface area (TPSA) is 38.7 Å². The highest BCUT2D eigenvalue weighted by Gasteiger charge is 2.42. The Bertz CT molecular complexity index is 519. The number of benzene rings is 1. The highest BCUT2D eigenvalue weighted by atomic mass is 16.6. The molecule has 114 valence electrons. The highest BCUT2D eigenvalue weighted by molar-refractivity contribution is 5.44. The van der Waals surface area contributed by atoms with Gasteiger partial charge in [-0.25, -0.2) is 0 Å². The molecule has 1 aliphatic heterocycles. The minimum absolute atomic E-state index is 0.183. The van der Waals surface area contributed by atoms with Crippen LogP contribution in [0.1, 0.15) is 62.2 Å². The molecule has 2 unspecified atom stereocenters. The number of hydrogen-bond donors (Lipinski definition) is 1. The maximum absolute atomic E-state index is 9.94. The quantitative estimate of drug-likeness (QED) is 0.924. The van der Waals surface area contributed by atoms with Gasteiger partial charge < -0.3 is 14.6 Å². The van der Waals surface area contributed by atoms with Crippen LogP contribution in [0.5, 0.6) is 5.75 Å². The van der Waals surface area contributed by atoms with Crippen molar-refractivity contribution in [1.82, 2.24) is 0 Å². The number of rotatable bonds is 3. The van der Waals surface area contributed by atoms with E-state index in [0.29, 0.717) is 6.61 Å². The first-order valence-corrected chi connectivity index (χ1v) is 8.36. The van der Waals surface area contributed by atoms with Gasteiger partial charge in [0.1, 0.15) is 12.4 Å². The minimum Gasteiger partial charge on any atom is -0.491 e. The highest BCUT2D eigenvalue weighted by Crippen LogP contribution is 2.43. The van der Waals surface area contributed by atoms with Gasteiger partial charge in [-0.15, -0.1) is 0 Å². The molecule has 1 aromatic carbocycles. The molecule has 1 spiro atoms. The molecule has 2 fully saturated rings. The number of fused-ring (bicyclic) bond motifs is 1. The Kier molecular flexibility index (Phi) is 3.43. The van der Waals surface area contributed by atoms with Gasteiger partial charge in [0.25, 0.3) is 0 Å². The fourth-order valence-corrected chi connectivity index (χ4v) is 4.32. The van der Waals surface area contributed by atoms with Crippen molar-refractivity contribution in [3.05, 3.63) is 29.3 Å². The molecular formula is C18H24O3. The molecule has 3 nitrogen and oxygen atoms in total. The van der Waals surface area contributed by atoms with E-state index in [4.69, 9.17) is 9.47 Å². The fraction of sp³-hybridized carbons (Fsp3) is 0.667. The Balaban J connectivity index is 1.40. The molecule has 0 amide bonds. The third-order valence-electron chi connectivity index (χ3n) is 5.47. The van der Waals surface area contributed by atoms with E-state index >= 15 is 0 Å². The van der Waals surface area contributed by atoms with Gasteiger partial charge in [0, 0.05) is 5.56 Å². The summed E-state index contributed by atoms with van der Waals surface area (Å²) in [6.07, 6.45) is 9.09. The first-order chi connectivity index (χ1) is 10.3. The van der Waals surface area contributed by atoms with Crippen LogP contribution in [0.25, 0.3) is 0 Å². The normalized spacial score (nSPS) is 30.0. The number of hydrogen-bond acceptors (Lipinski definition) is 3. The van der Waals surface area contributed by atoms with Crippen molar-refractivity contribution in [1.29, 1.82) is 0 Å². The second-order valence-corrected chi connectivity index (χ2v) is 6.86. The van der Waals surface area contributed by atoms with Crippen LogP contribution in [0.2, 0.25) is 0 Å². The summed E-state index contributed by atoms with van der Waals surface area (Å²) >= 11 is 0. The van der Waals surface area contributed by atoms with Gasteiger partial charge in [-0.05, 0) is 50.2 Å². The molecule has 1 saturated carbocycles. The Morgan fingerprint density at radius 1 is 1.19 bits per heavy atom. The Morgan fingerprint density at radius 2 is 2.05 bits per heavy atom. The molecule has 21 heavy (non-hydrogen) atoms. The number of aliphatic hydroxyl groups excluding tert-OH is 1. The van der Waals surface area contributed by atoms with E-state index < -0.39 is 0 Å². The zero-order valence-corrected chi connectivity index (χ0v) is 12.5. The Hall–Kier alpha value is -1.06. The van der Waals surface area contributed by atoms with Crippen molar-refractivity contribution in [2.24, 2.45) is 0 Å². The van der Waals surface area contributed by atoms with Gasteiger partial charge in [0.05, 0.1) is 17.8 Å². The van der Waals surface area contributed by atoms with Gasteiger partial charge in [-0.1, -0.05) is 25.0 Å². The van der Waals surface area contributed by atoms with E-state index in [9.17, 15) is 5.11 Å². The van der Waals surface area contributed by atoms with Crippen LogP contribution in [0, 0.1) is 0 Å². The lowest BCUT2D eigenvalue weighted by molar-refractivity contribution is -0.0509. The van der Waals surface area contributed by atoms with Crippen molar-refractivity contribution < 1.29 is 14.6 Å². The summed E-state index contributed by atoms with van der Waals surface area (Å²) in [5.74, 6) is 0.944. The maximum Gasteiger partial charge on any atom is 0.122 e. The zero-order valence-electron chi connectivity index (χ0n) is 12.5. The first-order valence-electron chi connectivity index (χ1n) is 8.36. The van der Waals surface area contributed by atoms with Crippen LogP contribution in [0.4, 0.5) is 0 Å². The first kappa shape index (κ1) is 13.6. The molecule has 0 aromatic heterocycles. The molecular weight excluding hydrogens is 264 g/mol. The minimum atomic E-state index is -0.312. The molecule has 3 heteroatoms. The number of ether oxygens (including phenoxy) is 2. The van der Waals surface area contributed by atoms with Gasteiger partial charge in [0.2, 0.25) is 0 Å². The summed E-state index contributed by atoms with van der Waals surface area (Å²) in [5.41, 5.74) is 2.42. The van der Waals surface area contributed by atoms with Crippen LogP contribution in [0.3, 0.4) is 0 Å². The molecule has 0 bridgehead atoms. The Labute approximate surface area is 126 Å². The Morgan fingerprint density at radius 3 is 2.90 bits per heavy atom. The lowest BCUT2D eigenvalue weighted by Crippen LogP contribution is -2.27. The SMILES string of the molecule is OC1CCc2c(OCC3CCC4(CCCC4)O3)cccc21. The molecule has 1 saturated heterocycles. The summed E-state index contributed by atoms with van der Waals surface area (Å²) in [4.78, 5) is 0. The lowest BCUT2D eigenvalue weighted by Gasteiger charge is -2.24. The van der Waals surface area contributed by atoms with Crippen LogP contribution < -0.4 is 4.74 Å². The van der Waals surface area contributed by atoms with Crippen molar-refractivity contribution in [3.8, 4) is 5.75 Å². The summed E-state index contributed by atoms with van der Waals surface area (Å²) in [6, 6.07) is 6.02. The smallest absolute Gasteiger partial charge is 0.122 e. The summed E-state index contributed by atoms with van der Waals surface area (Å²) < 4.78 is 12.3. The molecule has 4 rings (SSSR count). The van der Waals surface area contributed by atoms with Crippen LogP contribution in [-0.4, -0.2) is 23.4 Å². The molecule has 2 atom stereocenters. The molecule has 1 aromatic rings. The van der Waals surface area contributed by atoms with E-state index in [2.05, 4.69) is 0 Å². The predicted molar refractivity (Wildman–Crippen MR) is 80.5 cm³/mol. The average molecular weight is 288 g/mol. The van der Waals surface area contributed by atoms with Gasteiger partial charge in [-0.3, -0.25) is 0 Å². The van der Waals surface area contributed by atoms with Crippen molar-refractivity contribution >= 4 is 0 Å². The van der Waals surface area contributed by atoms with Gasteiger partial charge in [-0.2, -0.15) is 0 Å². The second kappa shape index (κ2) is 5.29. The van der Waals surface area contributed by atoms with Crippen LogP contribution in [-0.2, 0) is 11.2 Å². The summed E-state index contributed by atoms with van der Waals surface area (Å²) in [6.45, 7) is 0.647. The van der Waals surface area contributed by atoms with Crippen molar-refractivity contribution in [2.75, 3.05) is 6.61 Å². The summed E-state index contributed by atoms with van der Waals surface area (Å²) in [5, 5.41) is 9.94. The lowest BCUT2D eigenvalue weighted by atomic mass is 9.98. The van der Waals surface area contributed by atoms with Crippen molar-refractivity contribution in [3.63, 3.8) is 0 Å². The summed E-state index contributed by atoms with van der Waals surface area (Å²) in [7, 11) is 0. The second-order valence-electron chi connectivity index (χ2n) is 6.86. The fourth-order valence-electron chi connectivity index (χ4n) is 4.32. The van der Waals surface area contributed by atoms with Gasteiger partial charge in [0.15, 0.2) is 0 Å². The van der Waals surface area contributed by atoms with E-state index in [1.807, 2.05) is 18.2 Å². The predicted octanol–water partition coefficient (Wildman–Crippen LogP) is 3.54. The number of aliphatic hydroxyl groups is 1. The molecule has 2 aliphatic carbocycles. The standard InChI is InChI=1S/C18H24O3/c19-16-7-6-15-14(16)4-3-5-17(15)20-12-13-8-11-18(21-13)9-1-2-10-18/h3-5,13,16,19H,1-2,6-12H2. The van der Waals surface area contributed by atoms with Gasteiger partial charge >= 0.3 is 0 Å². The molecule has 3 aliphatic rings. The molecule has 1 N–H and O–H groups in total. The van der Waals surface area contributed by atoms with E-state index in [1.54, 1.807) is 0 Å².